The molecule has 0 bridgehead atoms. The molecule has 2 heterocycles. The predicted molar refractivity (Wildman–Crippen MR) is 112 cm³/mol. The van der Waals surface area contributed by atoms with Crippen LogP contribution in [0, 0.1) is 6.92 Å². The molecule has 4 N–H and O–H groups in total. The molecule has 29 heavy (non-hydrogen) atoms. The lowest BCUT2D eigenvalue weighted by atomic mass is 9.90. The molecule has 7 nitrogen and oxygen atoms in total. The van der Waals surface area contributed by atoms with E-state index in [1.165, 1.54) is 0 Å². The van der Waals surface area contributed by atoms with Crippen LogP contribution < -0.4 is 10.7 Å². The molecule has 2 aromatic carbocycles. The van der Waals surface area contributed by atoms with E-state index in [4.69, 9.17) is 15.3 Å². The molecule has 7 heteroatoms. The Morgan fingerprint density at radius 2 is 1.83 bits per heavy atom. The third-order valence-corrected chi connectivity index (χ3v) is 5.15. The van der Waals surface area contributed by atoms with E-state index in [0.29, 0.717) is 29.4 Å². The first-order valence-electron chi connectivity index (χ1n) is 9.53. The number of aliphatic hydroxyl groups is 2. The van der Waals surface area contributed by atoms with Gasteiger partial charge in [0.1, 0.15) is 5.76 Å². The summed E-state index contributed by atoms with van der Waals surface area (Å²) in [5, 5.41) is 26.2. The number of rotatable bonds is 4. The van der Waals surface area contributed by atoms with Crippen LogP contribution in [0.4, 0.5) is 11.7 Å². The maximum atomic E-state index is 9.80. The summed E-state index contributed by atoms with van der Waals surface area (Å²) in [7, 11) is 0. The number of nitrogens with two attached hydrogens (primary N) is 1. The van der Waals surface area contributed by atoms with Crippen LogP contribution in [0.25, 0.3) is 0 Å². The number of fused-ring (bicyclic) bond motifs is 1. The number of aryl methyl sites for hydroxylation is 1. The van der Waals surface area contributed by atoms with E-state index in [-0.39, 0.29) is 19.3 Å². The Kier molecular flexibility index (Phi) is 5.08. The number of benzene rings is 2. The lowest BCUT2D eigenvalue weighted by Gasteiger charge is -2.21. The maximum absolute atomic E-state index is 9.80. The van der Waals surface area contributed by atoms with Gasteiger partial charge in [0.25, 0.3) is 0 Å². The monoisotopic (exact) mass is 392 g/mol. The Labute approximate surface area is 169 Å². The van der Waals surface area contributed by atoms with Crippen LogP contribution in [0.15, 0.2) is 52.1 Å². The standard InChI is InChI=1S/C22H24N4O3/c1-13-7-16-8-17(11-27)18(12-28)9-20(16)21(15-3-5-19(23)6-4-15)25-26(13)22-24-10-14(2)29-22/h3-6,8-10,13,27-28H,7,11-12,23H2,1-2H3. The number of nitrogen functional groups attached to an aromatic ring is 1. The Hall–Kier alpha value is -3.16. The third-order valence-electron chi connectivity index (χ3n) is 5.15. The smallest absolute Gasteiger partial charge is 0.318 e. The average molecular weight is 392 g/mol. The molecule has 1 unspecified atom stereocenters. The summed E-state index contributed by atoms with van der Waals surface area (Å²) >= 11 is 0. The molecule has 3 aromatic rings. The van der Waals surface area contributed by atoms with Crippen molar-refractivity contribution < 1.29 is 14.6 Å². The van der Waals surface area contributed by atoms with Crippen LogP contribution in [-0.2, 0) is 19.6 Å². The minimum absolute atomic E-state index is 0.0235. The zero-order valence-electron chi connectivity index (χ0n) is 16.5. The van der Waals surface area contributed by atoms with Gasteiger partial charge in [0.15, 0.2) is 0 Å². The van der Waals surface area contributed by atoms with Gasteiger partial charge in [-0.15, -0.1) is 0 Å². The Balaban J connectivity index is 1.93. The van der Waals surface area contributed by atoms with Gasteiger partial charge in [-0.2, -0.15) is 5.10 Å². The zero-order chi connectivity index (χ0) is 20.5. The first-order valence-corrected chi connectivity index (χ1v) is 9.53. The van der Waals surface area contributed by atoms with E-state index in [9.17, 15) is 10.2 Å². The molecular formula is C22H24N4O3. The molecule has 0 aliphatic carbocycles. The topological polar surface area (TPSA) is 108 Å². The minimum Gasteiger partial charge on any atom is -0.428 e. The van der Waals surface area contributed by atoms with Crippen molar-refractivity contribution in [1.29, 1.82) is 0 Å². The third kappa shape index (κ3) is 3.62. The fourth-order valence-corrected chi connectivity index (χ4v) is 3.62. The summed E-state index contributed by atoms with van der Waals surface area (Å²) < 4.78 is 5.75. The predicted octanol–water partition coefficient (Wildman–Crippen LogP) is 2.75. The molecule has 4 rings (SSSR count). The van der Waals surface area contributed by atoms with E-state index in [1.54, 1.807) is 11.2 Å². The first-order chi connectivity index (χ1) is 14.0. The lowest BCUT2D eigenvalue weighted by Crippen LogP contribution is -2.29. The highest BCUT2D eigenvalue weighted by Gasteiger charge is 2.27. The van der Waals surface area contributed by atoms with Crippen LogP contribution in [-0.4, -0.2) is 27.0 Å². The molecule has 1 aliphatic rings. The molecule has 1 aromatic heterocycles. The van der Waals surface area contributed by atoms with Gasteiger partial charge < -0.3 is 20.4 Å². The maximum Gasteiger partial charge on any atom is 0.318 e. The number of oxazole rings is 1. The fraction of sp³-hybridized carbons (Fsp3) is 0.273. The Morgan fingerprint density at radius 1 is 1.14 bits per heavy atom. The highest BCUT2D eigenvalue weighted by Crippen LogP contribution is 2.30. The number of anilines is 2. The molecule has 0 radical (unpaired) electrons. The van der Waals surface area contributed by atoms with Crippen LogP contribution in [0.5, 0.6) is 0 Å². The normalized spacial score (nSPS) is 16.3. The Bertz CT molecular complexity index is 1060. The van der Waals surface area contributed by atoms with Crippen LogP contribution in [0.1, 0.15) is 40.5 Å². The molecule has 0 saturated heterocycles. The molecular weight excluding hydrogens is 368 g/mol. The van der Waals surface area contributed by atoms with Crippen molar-refractivity contribution in [2.45, 2.75) is 39.5 Å². The number of hydrogen-bond donors (Lipinski definition) is 3. The van der Waals surface area contributed by atoms with Gasteiger partial charge in [-0.1, -0.05) is 18.2 Å². The number of aliphatic hydroxyl groups excluding tert-OH is 2. The van der Waals surface area contributed by atoms with E-state index in [1.807, 2.05) is 43.3 Å². The summed E-state index contributed by atoms with van der Waals surface area (Å²) in [6, 6.07) is 11.8. The van der Waals surface area contributed by atoms with Crippen LogP contribution in [0.2, 0.25) is 0 Å². The zero-order valence-corrected chi connectivity index (χ0v) is 16.5. The molecule has 1 aliphatic heterocycles. The number of hydrazone groups is 1. The van der Waals surface area contributed by atoms with Crippen molar-refractivity contribution in [2.75, 3.05) is 10.7 Å². The molecule has 0 fully saturated rings. The van der Waals surface area contributed by atoms with Crippen molar-refractivity contribution in [3.8, 4) is 0 Å². The second-order valence-electron chi connectivity index (χ2n) is 7.32. The summed E-state index contributed by atoms with van der Waals surface area (Å²) in [4.78, 5) is 4.36. The average Bonchev–Trinajstić information content (AvgIpc) is 3.09. The summed E-state index contributed by atoms with van der Waals surface area (Å²) in [6.07, 6.45) is 2.35. The fourth-order valence-electron chi connectivity index (χ4n) is 3.62. The molecule has 0 saturated carbocycles. The summed E-state index contributed by atoms with van der Waals surface area (Å²) in [5.41, 5.74) is 11.5. The van der Waals surface area contributed by atoms with Crippen molar-refractivity contribution in [3.63, 3.8) is 0 Å². The SMILES string of the molecule is Cc1cnc(N2N=C(c3ccc(N)cc3)c3cc(CO)c(CO)cc3CC2C)o1. The quantitative estimate of drug-likeness (QED) is 0.589. The van der Waals surface area contributed by atoms with Crippen molar-refractivity contribution in [3.05, 3.63) is 76.2 Å². The number of aromatic nitrogens is 1. The molecule has 1 atom stereocenters. The van der Waals surface area contributed by atoms with E-state index >= 15 is 0 Å². The molecule has 150 valence electrons. The van der Waals surface area contributed by atoms with E-state index < -0.39 is 0 Å². The second-order valence-corrected chi connectivity index (χ2v) is 7.32. The summed E-state index contributed by atoms with van der Waals surface area (Å²) in [6.45, 7) is 3.61. The van der Waals surface area contributed by atoms with E-state index in [2.05, 4.69) is 11.9 Å². The van der Waals surface area contributed by atoms with Crippen molar-refractivity contribution in [2.24, 2.45) is 5.10 Å². The van der Waals surface area contributed by atoms with Crippen LogP contribution in [0.3, 0.4) is 0 Å². The highest BCUT2D eigenvalue weighted by molar-refractivity contribution is 6.14. The minimum atomic E-state index is -0.156. The number of nitrogens with zero attached hydrogens (tertiary/aromatic N) is 3. The highest BCUT2D eigenvalue weighted by atomic mass is 16.4. The van der Waals surface area contributed by atoms with Gasteiger partial charge in [-0.25, -0.2) is 9.99 Å². The summed E-state index contributed by atoms with van der Waals surface area (Å²) in [5.74, 6) is 0.711. The van der Waals surface area contributed by atoms with Gasteiger partial charge in [0, 0.05) is 16.8 Å². The van der Waals surface area contributed by atoms with Crippen molar-refractivity contribution in [1.82, 2.24) is 4.98 Å². The first kappa shape index (κ1) is 19.2. The van der Waals surface area contributed by atoms with Gasteiger partial charge >= 0.3 is 6.01 Å². The molecule has 0 spiro atoms. The van der Waals surface area contributed by atoms with Gasteiger partial charge in [0.2, 0.25) is 0 Å². The molecule has 0 amide bonds. The number of hydrogen-bond acceptors (Lipinski definition) is 7. The lowest BCUT2D eigenvalue weighted by molar-refractivity contribution is 0.260. The van der Waals surface area contributed by atoms with Gasteiger partial charge in [-0.3, -0.25) is 0 Å². The Morgan fingerprint density at radius 3 is 2.45 bits per heavy atom. The van der Waals surface area contributed by atoms with E-state index in [0.717, 1.165) is 28.0 Å². The van der Waals surface area contributed by atoms with Crippen molar-refractivity contribution >= 4 is 17.4 Å². The second kappa shape index (κ2) is 7.69. The van der Waals surface area contributed by atoms with Crippen LogP contribution >= 0.6 is 0 Å². The van der Waals surface area contributed by atoms with Gasteiger partial charge in [0.05, 0.1) is 31.2 Å². The largest absolute Gasteiger partial charge is 0.428 e. The van der Waals surface area contributed by atoms with Gasteiger partial charge in [-0.05, 0) is 55.2 Å².